The van der Waals surface area contributed by atoms with Crippen LogP contribution >= 0.6 is 0 Å². The highest BCUT2D eigenvalue weighted by Crippen LogP contribution is 2.17. The maximum Gasteiger partial charge on any atom is 0.236 e. The van der Waals surface area contributed by atoms with E-state index in [1.807, 2.05) is 4.90 Å². The van der Waals surface area contributed by atoms with E-state index in [9.17, 15) is 9.59 Å². The topological polar surface area (TPSA) is 66.6 Å². The van der Waals surface area contributed by atoms with Crippen molar-refractivity contribution in [2.75, 3.05) is 32.7 Å². The number of rotatable bonds is 7. The molecule has 0 saturated carbocycles. The second-order valence-electron chi connectivity index (χ2n) is 7.04. The number of hydrogen-bond donors (Lipinski definition) is 1. The van der Waals surface area contributed by atoms with Gasteiger partial charge in [-0.3, -0.25) is 14.5 Å². The zero-order chi connectivity index (χ0) is 16.0. The Morgan fingerprint density at radius 3 is 1.95 bits per heavy atom. The molecule has 0 aromatic heterocycles. The molecule has 122 valence electrons. The van der Waals surface area contributed by atoms with Crippen molar-refractivity contribution in [1.82, 2.24) is 9.80 Å². The van der Waals surface area contributed by atoms with Crippen LogP contribution in [0, 0.1) is 17.8 Å². The minimum Gasteiger partial charge on any atom is -0.369 e. The van der Waals surface area contributed by atoms with Gasteiger partial charge >= 0.3 is 0 Å². The van der Waals surface area contributed by atoms with Crippen LogP contribution in [-0.4, -0.2) is 54.3 Å². The van der Waals surface area contributed by atoms with Gasteiger partial charge in [-0.25, -0.2) is 0 Å². The van der Waals surface area contributed by atoms with Crippen LogP contribution in [0.1, 0.15) is 40.5 Å². The van der Waals surface area contributed by atoms with E-state index >= 15 is 0 Å². The van der Waals surface area contributed by atoms with E-state index in [0.717, 1.165) is 13.1 Å². The van der Waals surface area contributed by atoms with Crippen molar-refractivity contribution in [3.8, 4) is 0 Å². The summed E-state index contributed by atoms with van der Waals surface area (Å²) in [4.78, 5) is 27.7. The monoisotopic (exact) mass is 297 g/mol. The normalized spacial score (nSPS) is 17.0. The Labute approximate surface area is 128 Å². The SMILES string of the molecule is CC(C)CN(CC(=O)N1CCC(C(N)=O)CC1)CC(C)C. The number of hydrogen-bond acceptors (Lipinski definition) is 3. The lowest BCUT2D eigenvalue weighted by Gasteiger charge is -2.33. The summed E-state index contributed by atoms with van der Waals surface area (Å²) in [6.07, 6.45) is 1.41. The van der Waals surface area contributed by atoms with Crippen molar-refractivity contribution < 1.29 is 9.59 Å². The lowest BCUT2D eigenvalue weighted by Crippen LogP contribution is -2.47. The van der Waals surface area contributed by atoms with E-state index in [2.05, 4.69) is 32.6 Å². The van der Waals surface area contributed by atoms with Crippen LogP contribution in [0.25, 0.3) is 0 Å². The summed E-state index contributed by atoms with van der Waals surface area (Å²) in [7, 11) is 0. The fraction of sp³-hybridized carbons (Fsp3) is 0.875. The highest BCUT2D eigenvalue weighted by molar-refractivity contribution is 5.80. The van der Waals surface area contributed by atoms with E-state index in [-0.39, 0.29) is 17.7 Å². The first kappa shape index (κ1) is 18.0. The first-order valence-corrected chi connectivity index (χ1v) is 8.09. The Morgan fingerprint density at radius 2 is 1.57 bits per heavy atom. The van der Waals surface area contributed by atoms with Gasteiger partial charge in [0.15, 0.2) is 0 Å². The van der Waals surface area contributed by atoms with E-state index in [1.54, 1.807) is 0 Å². The minimum absolute atomic E-state index is 0.0588. The van der Waals surface area contributed by atoms with Crippen LogP contribution < -0.4 is 5.73 Å². The van der Waals surface area contributed by atoms with Crippen molar-refractivity contribution in [1.29, 1.82) is 0 Å². The molecule has 1 fully saturated rings. The molecule has 5 heteroatoms. The first-order valence-electron chi connectivity index (χ1n) is 8.09. The lowest BCUT2D eigenvalue weighted by atomic mass is 9.96. The predicted molar refractivity (Wildman–Crippen MR) is 84.6 cm³/mol. The number of nitrogens with two attached hydrogens (primary N) is 1. The van der Waals surface area contributed by atoms with Crippen molar-refractivity contribution in [3.63, 3.8) is 0 Å². The molecule has 0 aliphatic carbocycles. The highest BCUT2D eigenvalue weighted by atomic mass is 16.2. The van der Waals surface area contributed by atoms with Gasteiger partial charge in [0.05, 0.1) is 6.54 Å². The third-order valence-electron chi connectivity index (χ3n) is 3.86. The Balaban J connectivity index is 2.48. The second-order valence-corrected chi connectivity index (χ2v) is 7.04. The molecular formula is C16H31N3O2. The summed E-state index contributed by atoms with van der Waals surface area (Å²) < 4.78 is 0. The molecule has 0 radical (unpaired) electrons. The predicted octanol–water partition coefficient (Wildman–Crippen LogP) is 1.32. The highest BCUT2D eigenvalue weighted by Gasteiger charge is 2.26. The second kappa shape index (κ2) is 8.37. The molecule has 0 aromatic carbocycles. The van der Waals surface area contributed by atoms with Gasteiger partial charge < -0.3 is 10.6 Å². The molecule has 0 aromatic rings. The Morgan fingerprint density at radius 1 is 1.10 bits per heavy atom. The van der Waals surface area contributed by atoms with Crippen LogP contribution in [0.4, 0.5) is 0 Å². The smallest absolute Gasteiger partial charge is 0.236 e. The molecule has 0 unspecified atom stereocenters. The van der Waals surface area contributed by atoms with E-state index in [1.165, 1.54) is 0 Å². The molecule has 21 heavy (non-hydrogen) atoms. The summed E-state index contributed by atoms with van der Waals surface area (Å²) in [6.45, 7) is 12.4. The Hall–Kier alpha value is -1.10. The van der Waals surface area contributed by atoms with Crippen LogP contribution in [0.15, 0.2) is 0 Å². The van der Waals surface area contributed by atoms with Crippen LogP contribution in [0.5, 0.6) is 0 Å². The molecule has 1 aliphatic heterocycles. The standard InChI is InChI=1S/C16H31N3O2/c1-12(2)9-18(10-13(3)4)11-15(20)19-7-5-14(6-8-19)16(17)21/h12-14H,5-11H2,1-4H3,(H2,17,21). The largest absolute Gasteiger partial charge is 0.369 e. The van der Waals surface area contributed by atoms with Crippen LogP contribution in [0.3, 0.4) is 0 Å². The van der Waals surface area contributed by atoms with E-state index in [0.29, 0.717) is 44.3 Å². The molecule has 0 atom stereocenters. The van der Waals surface area contributed by atoms with Gasteiger partial charge in [0.25, 0.3) is 0 Å². The summed E-state index contributed by atoms with van der Waals surface area (Å²) in [5, 5.41) is 0. The average Bonchev–Trinajstić information content (AvgIpc) is 2.37. The number of amides is 2. The van der Waals surface area contributed by atoms with Crippen molar-refractivity contribution in [2.24, 2.45) is 23.5 Å². The van der Waals surface area contributed by atoms with E-state index < -0.39 is 0 Å². The third-order valence-corrected chi connectivity index (χ3v) is 3.86. The molecule has 2 amide bonds. The molecule has 1 rings (SSSR count). The molecular weight excluding hydrogens is 266 g/mol. The van der Waals surface area contributed by atoms with Crippen LogP contribution in [0.2, 0.25) is 0 Å². The van der Waals surface area contributed by atoms with Gasteiger partial charge in [-0.05, 0) is 24.7 Å². The van der Waals surface area contributed by atoms with Crippen molar-refractivity contribution in [2.45, 2.75) is 40.5 Å². The first-order chi connectivity index (χ1) is 9.79. The molecule has 0 bridgehead atoms. The quantitative estimate of drug-likeness (QED) is 0.771. The Bertz CT molecular complexity index is 337. The summed E-state index contributed by atoms with van der Waals surface area (Å²) in [5.74, 6) is 0.994. The van der Waals surface area contributed by atoms with Gasteiger partial charge in [0.1, 0.15) is 0 Å². The summed E-state index contributed by atoms with van der Waals surface area (Å²) in [5.41, 5.74) is 5.33. The fourth-order valence-electron chi connectivity index (χ4n) is 2.94. The van der Waals surface area contributed by atoms with Gasteiger partial charge in [-0.2, -0.15) is 0 Å². The number of nitrogens with zero attached hydrogens (tertiary/aromatic N) is 2. The maximum atomic E-state index is 12.4. The molecule has 0 spiro atoms. The fourth-order valence-corrected chi connectivity index (χ4v) is 2.94. The number of carbonyl (C=O) groups excluding carboxylic acids is 2. The lowest BCUT2D eigenvalue weighted by molar-refractivity contribution is -0.136. The number of primary amides is 1. The Kier molecular flexibility index (Phi) is 7.15. The molecule has 2 N–H and O–H groups in total. The molecule has 1 heterocycles. The van der Waals surface area contributed by atoms with E-state index in [4.69, 9.17) is 5.73 Å². The van der Waals surface area contributed by atoms with Gasteiger partial charge in [0, 0.05) is 32.1 Å². The van der Waals surface area contributed by atoms with Gasteiger partial charge in [0.2, 0.25) is 11.8 Å². The summed E-state index contributed by atoms with van der Waals surface area (Å²) >= 11 is 0. The van der Waals surface area contributed by atoms with Crippen molar-refractivity contribution in [3.05, 3.63) is 0 Å². The number of carbonyl (C=O) groups is 2. The molecule has 1 aliphatic rings. The zero-order valence-corrected chi connectivity index (χ0v) is 14.0. The van der Waals surface area contributed by atoms with Crippen LogP contribution in [-0.2, 0) is 9.59 Å². The zero-order valence-electron chi connectivity index (χ0n) is 14.0. The van der Waals surface area contributed by atoms with Gasteiger partial charge in [-0.1, -0.05) is 27.7 Å². The maximum absolute atomic E-state index is 12.4. The molecule has 1 saturated heterocycles. The third kappa shape index (κ3) is 6.46. The summed E-state index contributed by atoms with van der Waals surface area (Å²) in [6, 6.07) is 0. The van der Waals surface area contributed by atoms with Crippen molar-refractivity contribution >= 4 is 11.8 Å². The van der Waals surface area contributed by atoms with Gasteiger partial charge in [-0.15, -0.1) is 0 Å². The minimum atomic E-state index is -0.233. The number of likely N-dealkylation sites (tertiary alicyclic amines) is 1. The molecule has 5 nitrogen and oxygen atoms in total. The number of piperidine rings is 1. The average molecular weight is 297 g/mol.